The van der Waals surface area contributed by atoms with Gasteiger partial charge in [0.1, 0.15) is 0 Å². The highest BCUT2D eigenvalue weighted by Gasteiger charge is 2.25. The number of amides is 1. The van der Waals surface area contributed by atoms with Crippen molar-refractivity contribution in [3.63, 3.8) is 0 Å². The zero-order valence-electron chi connectivity index (χ0n) is 12.3. The first kappa shape index (κ1) is 15.3. The minimum absolute atomic E-state index is 0.143. The van der Waals surface area contributed by atoms with Crippen LogP contribution in [0.3, 0.4) is 0 Å². The van der Waals surface area contributed by atoms with E-state index < -0.39 is 0 Å². The summed E-state index contributed by atoms with van der Waals surface area (Å²) in [6.45, 7) is 5.57. The number of hydrogen-bond donors (Lipinski definition) is 1. The Balaban J connectivity index is 1.82. The Morgan fingerprint density at radius 1 is 1.55 bits per heavy atom. The summed E-state index contributed by atoms with van der Waals surface area (Å²) in [6, 6.07) is 0.367. The predicted octanol–water partition coefficient (Wildman–Crippen LogP) is 1.60. The second-order valence-corrected chi connectivity index (χ2v) is 6.32. The molecule has 112 valence electrons. The molecule has 1 amide bonds. The van der Waals surface area contributed by atoms with Crippen LogP contribution >= 0.6 is 11.3 Å². The van der Waals surface area contributed by atoms with Crippen LogP contribution in [0.25, 0.3) is 0 Å². The van der Waals surface area contributed by atoms with Crippen molar-refractivity contribution in [3.8, 4) is 0 Å². The third-order valence-electron chi connectivity index (χ3n) is 3.94. The number of nitrogens with zero attached hydrogens (tertiary/aromatic N) is 3. The summed E-state index contributed by atoms with van der Waals surface area (Å²) < 4.78 is 0. The molecule has 0 bridgehead atoms. The van der Waals surface area contributed by atoms with E-state index in [9.17, 15) is 4.79 Å². The number of carbonyl (C=O) groups is 1. The van der Waals surface area contributed by atoms with E-state index in [1.165, 1.54) is 24.3 Å². The second kappa shape index (κ2) is 7.04. The summed E-state index contributed by atoms with van der Waals surface area (Å²) in [4.78, 5) is 20.8. The van der Waals surface area contributed by atoms with Gasteiger partial charge in [-0.25, -0.2) is 4.98 Å². The fourth-order valence-corrected chi connectivity index (χ4v) is 3.30. The molecule has 0 spiro atoms. The second-order valence-electron chi connectivity index (χ2n) is 5.43. The molecule has 0 aromatic carbocycles. The molecule has 0 unspecified atom stereocenters. The molecule has 1 aromatic rings. The van der Waals surface area contributed by atoms with Gasteiger partial charge in [0.15, 0.2) is 5.13 Å². The van der Waals surface area contributed by atoms with Crippen molar-refractivity contribution in [1.29, 1.82) is 0 Å². The summed E-state index contributed by atoms with van der Waals surface area (Å²) in [5, 5.41) is 2.40. The number of likely N-dealkylation sites (tertiary alicyclic amines) is 1. The number of piperidine rings is 1. The molecule has 2 N–H and O–H groups in total. The quantitative estimate of drug-likeness (QED) is 0.896. The molecule has 2 heterocycles. The van der Waals surface area contributed by atoms with Gasteiger partial charge in [0.25, 0.3) is 0 Å². The highest BCUT2D eigenvalue weighted by Crippen LogP contribution is 2.17. The summed E-state index contributed by atoms with van der Waals surface area (Å²) in [5.41, 5.74) is 6.38. The number of anilines is 1. The van der Waals surface area contributed by atoms with Crippen molar-refractivity contribution in [1.82, 2.24) is 14.8 Å². The van der Waals surface area contributed by atoms with Gasteiger partial charge >= 0.3 is 0 Å². The molecule has 6 heteroatoms. The number of nitrogen functional groups attached to an aromatic ring is 1. The molecule has 1 aromatic heterocycles. The Hall–Kier alpha value is -1.14. The average molecular weight is 296 g/mol. The van der Waals surface area contributed by atoms with E-state index in [-0.39, 0.29) is 5.91 Å². The molecule has 1 fully saturated rings. The van der Waals surface area contributed by atoms with Gasteiger partial charge in [0, 0.05) is 31.6 Å². The Morgan fingerprint density at radius 3 is 2.80 bits per heavy atom. The van der Waals surface area contributed by atoms with Crippen molar-refractivity contribution >= 4 is 22.4 Å². The maximum atomic E-state index is 12.3. The minimum atomic E-state index is 0.143. The van der Waals surface area contributed by atoms with E-state index in [0.29, 0.717) is 17.6 Å². The van der Waals surface area contributed by atoms with Crippen LogP contribution in [0.2, 0.25) is 0 Å². The number of rotatable bonds is 5. The molecule has 5 nitrogen and oxygen atoms in total. The molecule has 1 saturated heterocycles. The molecule has 0 atom stereocenters. The first-order valence-corrected chi connectivity index (χ1v) is 8.16. The van der Waals surface area contributed by atoms with Crippen molar-refractivity contribution in [2.75, 3.05) is 32.4 Å². The van der Waals surface area contributed by atoms with E-state index in [2.05, 4.69) is 16.8 Å². The zero-order chi connectivity index (χ0) is 14.5. The van der Waals surface area contributed by atoms with Crippen molar-refractivity contribution in [2.45, 2.75) is 38.6 Å². The lowest BCUT2D eigenvalue weighted by atomic mass is 10.0. The van der Waals surface area contributed by atoms with Crippen LogP contribution in [0.5, 0.6) is 0 Å². The first-order valence-electron chi connectivity index (χ1n) is 7.28. The summed E-state index contributed by atoms with van der Waals surface area (Å²) >= 11 is 1.39. The number of aromatic nitrogens is 1. The van der Waals surface area contributed by atoms with Crippen molar-refractivity contribution < 1.29 is 4.79 Å². The Morgan fingerprint density at radius 2 is 2.25 bits per heavy atom. The topological polar surface area (TPSA) is 62.5 Å². The maximum absolute atomic E-state index is 12.3. The SMILES string of the molecule is CCCN1CCC(N(C)C(=O)Cc2csc(N)n2)CC1. The Kier molecular flexibility index (Phi) is 5.37. The molecule has 1 aliphatic heterocycles. The number of carbonyl (C=O) groups excluding carboxylic acids is 1. The van der Waals surface area contributed by atoms with Crippen molar-refractivity contribution in [2.24, 2.45) is 0 Å². The summed E-state index contributed by atoms with van der Waals surface area (Å²) in [6.07, 6.45) is 3.70. The van der Waals surface area contributed by atoms with Gasteiger partial charge in [-0.2, -0.15) is 0 Å². The fraction of sp³-hybridized carbons (Fsp3) is 0.714. The van der Waals surface area contributed by atoms with Crippen LogP contribution in [0.1, 0.15) is 31.9 Å². The normalized spacial score (nSPS) is 17.3. The van der Waals surface area contributed by atoms with Crippen LogP contribution in [0, 0.1) is 0 Å². The molecule has 2 rings (SSSR count). The summed E-state index contributed by atoms with van der Waals surface area (Å²) in [7, 11) is 1.91. The molecule has 0 aliphatic carbocycles. The predicted molar refractivity (Wildman–Crippen MR) is 82.8 cm³/mol. The first-order chi connectivity index (χ1) is 9.60. The lowest BCUT2D eigenvalue weighted by Crippen LogP contribution is -2.46. The number of thiazole rings is 1. The van der Waals surface area contributed by atoms with Gasteiger partial charge < -0.3 is 15.5 Å². The van der Waals surface area contributed by atoms with Crippen LogP contribution in [-0.4, -0.2) is 53.4 Å². The Bertz CT molecular complexity index is 440. The average Bonchev–Trinajstić information content (AvgIpc) is 2.84. The lowest BCUT2D eigenvalue weighted by molar-refractivity contribution is -0.132. The molecule has 0 radical (unpaired) electrons. The van der Waals surface area contributed by atoms with Gasteiger partial charge in [-0.3, -0.25) is 4.79 Å². The zero-order valence-corrected chi connectivity index (χ0v) is 13.2. The molecular weight excluding hydrogens is 272 g/mol. The molecule has 0 saturated carbocycles. The van der Waals surface area contributed by atoms with Gasteiger partial charge in [0.05, 0.1) is 12.1 Å². The van der Waals surface area contributed by atoms with E-state index in [1.807, 2.05) is 17.3 Å². The van der Waals surface area contributed by atoms with Gasteiger partial charge in [-0.1, -0.05) is 6.92 Å². The fourth-order valence-electron chi connectivity index (χ4n) is 2.73. The van der Waals surface area contributed by atoms with Gasteiger partial charge in [-0.05, 0) is 25.8 Å². The van der Waals surface area contributed by atoms with Gasteiger partial charge in [-0.15, -0.1) is 11.3 Å². The monoisotopic (exact) mass is 296 g/mol. The number of nitrogens with two attached hydrogens (primary N) is 1. The smallest absolute Gasteiger partial charge is 0.228 e. The van der Waals surface area contributed by atoms with Crippen LogP contribution in [0.4, 0.5) is 5.13 Å². The van der Waals surface area contributed by atoms with E-state index in [1.54, 1.807) is 0 Å². The largest absolute Gasteiger partial charge is 0.375 e. The van der Waals surface area contributed by atoms with Crippen LogP contribution in [0.15, 0.2) is 5.38 Å². The number of likely N-dealkylation sites (N-methyl/N-ethyl adjacent to an activating group) is 1. The van der Waals surface area contributed by atoms with Crippen LogP contribution < -0.4 is 5.73 Å². The standard InChI is InChI=1S/C14H24N4OS/c1-3-6-18-7-4-12(5-8-18)17(2)13(19)9-11-10-20-14(15)16-11/h10,12H,3-9H2,1-2H3,(H2,15,16). The Labute approximate surface area is 124 Å². The third kappa shape index (κ3) is 3.93. The summed E-state index contributed by atoms with van der Waals surface area (Å²) in [5.74, 6) is 0.143. The molecule has 1 aliphatic rings. The van der Waals surface area contributed by atoms with Crippen molar-refractivity contribution in [3.05, 3.63) is 11.1 Å². The van der Waals surface area contributed by atoms with E-state index in [4.69, 9.17) is 5.73 Å². The molecule has 20 heavy (non-hydrogen) atoms. The highest BCUT2D eigenvalue weighted by atomic mass is 32.1. The van der Waals surface area contributed by atoms with Gasteiger partial charge in [0.2, 0.25) is 5.91 Å². The third-order valence-corrected chi connectivity index (χ3v) is 4.66. The van der Waals surface area contributed by atoms with E-state index in [0.717, 1.165) is 31.6 Å². The lowest BCUT2D eigenvalue weighted by Gasteiger charge is -2.36. The number of hydrogen-bond acceptors (Lipinski definition) is 5. The maximum Gasteiger partial charge on any atom is 0.228 e. The van der Waals surface area contributed by atoms with Crippen LogP contribution in [-0.2, 0) is 11.2 Å². The molecular formula is C14H24N4OS. The minimum Gasteiger partial charge on any atom is -0.375 e. The van der Waals surface area contributed by atoms with E-state index >= 15 is 0 Å². The highest BCUT2D eigenvalue weighted by molar-refractivity contribution is 7.13.